The van der Waals surface area contributed by atoms with Gasteiger partial charge in [0.2, 0.25) is 0 Å². The van der Waals surface area contributed by atoms with Gasteiger partial charge in [-0.3, -0.25) is 15.6 Å². The average molecular weight is 263 g/mol. The second-order valence-electron chi connectivity index (χ2n) is 4.95. The first-order chi connectivity index (χ1) is 9.20. The van der Waals surface area contributed by atoms with Gasteiger partial charge in [0, 0.05) is 25.0 Å². The van der Waals surface area contributed by atoms with Gasteiger partial charge in [0.1, 0.15) is 0 Å². The second kappa shape index (κ2) is 6.49. The molecule has 1 aliphatic rings. The molecular weight excluding hydrogens is 242 g/mol. The number of nitrogens with one attached hydrogen (secondary N) is 2. The predicted octanol–water partition coefficient (Wildman–Crippen LogP) is 0.581. The number of rotatable bonds is 5. The van der Waals surface area contributed by atoms with E-state index in [2.05, 4.69) is 20.6 Å². The lowest BCUT2D eigenvalue weighted by atomic mass is 10.2. The molecular formula is C13H21N5O. The topological polar surface area (TPSA) is 83.3 Å². The Hall–Kier alpha value is -1.66. The van der Waals surface area contributed by atoms with Crippen LogP contribution in [0.4, 0.5) is 5.69 Å². The van der Waals surface area contributed by atoms with Gasteiger partial charge in [0.05, 0.1) is 11.3 Å². The van der Waals surface area contributed by atoms with E-state index in [1.807, 2.05) is 6.92 Å². The Morgan fingerprint density at radius 1 is 1.53 bits per heavy atom. The van der Waals surface area contributed by atoms with Crippen LogP contribution in [0.3, 0.4) is 0 Å². The van der Waals surface area contributed by atoms with Gasteiger partial charge in [-0.25, -0.2) is 0 Å². The molecule has 1 aromatic heterocycles. The Balaban J connectivity index is 1.92. The summed E-state index contributed by atoms with van der Waals surface area (Å²) in [7, 11) is 0. The van der Waals surface area contributed by atoms with Crippen molar-refractivity contribution >= 4 is 11.6 Å². The largest absolute Gasteiger partial charge is 0.348 e. The molecule has 104 valence electrons. The van der Waals surface area contributed by atoms with Gasteiger partial charge >= 0.3 is 0 Å². The molecule has 1 unspecified atom stereocenters. The fourth-order valence-electron chi connectivity index (χ4n) is 2.40. The van der Waals surface area contributed by atoms with E-state index < -0.39 is 0 Å². The third kappa shape index (κ3) is 3.65. The SMILES string of the molecule is CC(CN1CCCC1)NC(=O)c1cnccc1NN. The molecule has 1 fully saturated rings. The van der Waals surface area contributed by atoms with E-state index in [1.54, 1.807) is 12.3 Å². The molecule has 6 nitrogen and oxygen atoms in total. The molecule has 2 heterocycles. The zero-order valence-corrected chi connectivity index (χ0v) is 11.2. The van der Waals surface area contributed by atoms with E-state index in [1.165, 1.54) is 19.0 Å². The number of hydrazine groups is 1. The summed E-state index contributed by atoms with van der Waals surface area (Å²) in [6, 6.07) is 1.79. The van der Waals surface area contributed by atoms with Crippen LogP contribution in [0.15, 0.2) is 18.5 Å². The van der Waals surface area contributed by atoms with E-state index in [9.17, 15) is 4.79 Å². The maximum Gasteiger partial charge on any atom is 0.255 e. The van der Waals surface area contributed by atoms with Crippen LogP contribution in [-0.2, 0) is 0 Å². The lowest BCUT2D eigenvalue weighted by Gasteiger charge is -2.21. The van der Waals surface area contributed by atoms with Gasteiger partial charge in [0.15, 0.2) is 0 Å². The zero-order chi connectivity index (χ0) is 13.7. The minimum absolute atomic E-state index is 0.108. The number of anilines is 1. The summed E-state index contributed by atoms with van der Waals surface area (Å²) >= 11 is 0. The number of nitrogen functional groups attached to an aromatic ring is 1. The number of hydrogen-bond acceptors (Lipinski definition) is 5. The Morgan fingerprint density at radius 2 is 2.26 bits per heavy atom. The highest BCUT2D eigenvalue weighted by Crippen LogP contribution is 2.12. The molecule has 4 N–H and O–H groups in total. The highest BCUT2D eigenvalue weighted by molar-refractivity contribution is 5.99. The molecule has 19 heavy (non-hydrogen) atoms. The molecule has 0 saturated carbocycles. The average Bonchev–Trinajstić information content (AvgIpc) is 2.91. The fourth-order valence-corrected chi connectivity index (χ4v) is 2.40. The number of aromatic nitrogens is 1. The normalized spacial score (nSPS) is 17.2. The van der Waals surface area contributed by atoms with Gasteiger partial charge in [-0.1, -0.05) is 0 Å². The lowest BCUT2D eigenvalue weighted by molar-refractivity contribution is 0.0932. The number of amides is 1. The minimum Gasteiger partial charge on any atom is -0.348 e. The Kier molecular flexibility index (Phi) is 4.70. The number of pyridine rings is 1. The van der Waals surface area contributed by atoms with Crippen LogP contribution >= 0.6 is 0 Å². The third-order valence-electron chi connectivity index (χ3n) is 3.33. The van der Waals surface area contributed by atoms with Crippen molar-refractivity contribution in [1.29, 1.82) is 0 Å². The highest BCUT2D eigenvalue weighted by atomic mass is 16.1. The van der Waals surface area contributed by atoms with Crippen LogP contribution in [0.5, 0.6) is 0 Å². The van der Waals surface area contributed by atoms with Crippen molar-refractivity contribution in [1.82, 2.24) is 15.2 Å². The van der Waals surface area contributed by atoms with E-state index in [-0.39, 0.29) is 11.9 Å². The van der Waals surface area contributed by atoms with Crippen LogP contribution < -0.4 is 16.6 Å². The predicted molar refractivity (Wildman–Crippen MR) is 74.6 cm³/mol. The molecule has 1 aliphatic heterocycles. The quantitative estimate of drug-likeness (QED) is 0.535. The van der Waals surface area contributed by atoms with Gasteiger partial charge in [0.25, 0.3) is 5.91 Å². The van der Waals surface area contributed by atoms with Gasteiger partial charge in [-0.2, -0.15) is 0 Å². The summed E-state index contributed by atoms with van der Waals surface area (Å²) in [5.41, 5.74) is 3.57. The van der Waals surface area contributed by atoms with Gasteiger partial charge in [-0.15, -0.1) is 0 Å². The van der Waals surface area contributed by atoms with E-state index in [4.69, 9.17) is 5.84 Å². The number of hydrogen-bond donors (Lipinski definition) is 3. The molecule has 0 aliphatic carbocycles. The number of carbonyl (C=O) groups excluding carboxylic acids is 1. The zero-order valence-electron chi connectivity index (χ0n) is 11.2. The van der Waals surface area contributed by atoms with Crippen LogP contribution in [0.1, 0.15) is 30.1 Å². The van der Waals surface area contributed by atoms with Crippen LogP contribution in [-0.4, -0.2) is 41.5 Å². The molecule has 0 radical (unpaired) electrons. The van der Waals surface area contributed by atoms with Crippen molar-refractivity contribution in [2.24, 2.45) is 5.84 Å². The second-order valence-corrected chi connectivity index (χ2v) is 4.95. The highest BCUT2D eigenvalue weighted by Gasteiger charge is 2.17. The summed E-state index contributed by atoms with van der Waals surface area (Å²) < 4.78 is 0. The first kappa shape index (κ1) is 13.8. The maximum absolute atomic E-state index is 12.1. The van der Waals surface area contributed by atoms with Crippen molar-refractivity contribution in [3.05, 3.63) is 24.0 Å². The van der Waals surface area contributed by atoms with Crippen molar-refractivity contribution < 1.29 is 4.79 Å². The molecule has 0 spiro atoms. The number of likely N-dealkylation sites (tertiary alicyclic amines) is 1. The third-order valence-corrected chi connectivity index (χ3v) is 3.33. The monoisotopic (exact) mass is 263 g/mol. The number of nitrogens with zero attached hydrogens (tertiary/aromatic N) is 2. The first-order valence-corrected chi connectivity index (χ1v) is 6.64. The van der Waals surface area contributed by atoms with E-state index in [0.717, 1.165) is 19.6 Å². The van der Waals surface area contributed by atoms with Crippen molar-refractivity contribution in [3.8, 4) is 0 Å². The molecule has 1 aromatic rings. The van der Waals surface area contributed by atoms with Crippen LogP contribution in [0.25, 0.3) is 0 Å². The Bertz CT molecular complexity index is 431. The maximum atomic E-state index is 12.1. The fraction of sp³-hybridized carbons (Fsp3) is 0.538. The summed E-state index contributed by atoms with van der Waals surface area (Å²) in [6.45, 7) is 5.16. The van der Waals surface area contributed by atoms with E-state index >= 15 is 0 Å². The minimum atomic E-state index is -0.146. The van der Waals surface area contributed by atoms with Crippen molar-refractivity contribution in [2.45, 2.75) is 25.8 Å². The Morgan fingerprint density at radius 3 is 2.95 bits per heavy atom. The molecule has 1 saturated heterocycles. The molecule has 1 atom stereocenters. The smallest absolute Gasteiger partial charge is 0.255 e. The summed E-state index contributed by atoms with van der Waals surface area (Å²) in [5, 5.41) is 2.98. The summed E-state index contributed by atoms with van der Waals surface area (Å²) in [4.78, 5) is 18.5. The van der Waals surface area contributed by atoms with Crippen LogP contribution in [0, 0.1) is 0 Å². The summed E-state index contributed by atoms with van der Waals surface area (Å²) in [5.74, 6) is 5.24. The first-order valence-electron chi connectivity index (χ1n) is 6.64. The van der Waals surface area contributed by atoms with Gasteiger partial charge in [-0.05, 0) is 38.9 Å². The molecule has 6 heteroatoms. The molecule has 2 rings (SSSR count). The number of nitrogens with two attached hydrogens (primary N) is 1. The molecule has 0 bridgehead atoms. The summed E-state index contributed by atoms with van der Waals surface area (Å²) in [6.07, 6.45) is 5.63. The van der Waals surface area contributed by atoms with Crippen LogP contribution in [0.2, 0.25) is 0 Å². The van der Waals surface area contributed by atoms with Crippen molar-refractivity contribution in [3.63, 3.8) is 0 Å². The van der Waals surface area contributed by atoms with E-state index in [0.29, 0.717) is 11.3 Å². The van der Waals surface area contributed by atoms with Gasteiger partial charge < -0.3 is 15.6 Å². The molecule has 0 aromatic carbocycles. The van der Waals surface area contributed by atoms with Crippen molar-refractivity contribution in [2.75, 3.05) is 25.1 Å². The molecule has 1 amide bonds. The lowest BCUT2D eigenvalue weighted by Crippen LogP contribution is -2.41. The Labute approximate surface area is 113 Å². The number of carbonyl (C=O) groups is 1. The standard InChI is InChI=1S/C13H21N5O/c1-10(9-18-6-2-3-7-18)16-13(19)11-8-15-5-4-12(11)17-14/h4-5,8,10H,2-3,6-7,9,14H2,1H3,(H,15,17)(H,16,19).